The lowest BCUT2D eigenvalue weighted by Gasteiger charge is -2.12. The molecular weight excluding hydrogens is 242 g/mol. The summed E-state index contributed by atoms with van der Waals surface area (Å²) >= 11 is 0. The van der Waals surface area contributed by atoms with Crippen molar-refractivity contribution in [3.05, 3.63) is 0 Å². The van der Waals surface area contributed by atoms with Gasteiger partial charge in [-0.15, -0.1) is 5.06 Å². The van der Waals surface area contributed by atoms with Gasteiger partial charge in [-0.25, -0.2) is 4.79 Å². The van der Waals surface area contributed by atoms with Gasteiger partial charge in [-0.1, -0.05) is 0 Å². The third kappa shape index (κ3) is 4.80. The van der Waals surface area contributed by atoms with Crippen LogP contribution in [-0.2, 0) is 28.7 Å². The number of imide groups is 1. The Morgan fingerprint density at radius 2 is 1.72 bits per heavy atom. The van der Waals surface area contributed by atoms with Gasteiger partial charge >= 0.3 is 5.97 Å². The van der Waals surface area contributed by atoms with Gasteiger partial charge in [-0.2, -0.15) is 0 Å². The molecule has 0 aliphatic carbocycles. The van der Waals surface area contributed by atoms with Crippen molar-refractivity contribution in [2.45, 2.75) is 26.2 Å². The van der Waals surface area contributed by atoms with Crippen molar-refractivity contribution >= 4 is 17.8 Å². The van der Waals surface area contributed by atoms with Crippen molar-refractivity contribution < 1.29 is 28.7 Å². The molecule has 1 fully saturated rings. The molecule has 0 aromatic carbocycles. The molecule has 1 aliphatic heterocycles. The highest BCUT2D eigenvalue weighted by molar-refractivity contribution is 6.01. The summed E-state index contributed by atoms with van der Waals surface area (Å²) in [7, 11) is 0. The van der Waals surface area contributed by atoms with Crippen molar-refractivity contribution in [1.29, 1.82) is 0 Å². The fraction of sp³-hybridized carbons (Fsp3) is 0.727. The number of hydrogen-bond donors (Lipinski definition) is 0. The molecule has 0 aromatic rings. The first-order valence-corrected chi connectivity index (χ1v) is 5.87. The Labute approximate surface area is 105 Å². The summed E-state index contributed by atoms with van der Waals surface area (Å²) in [4.78, 5) is 38.2. The van der Waals surface area contributed by atoms with E-state index in [1.165, 1.54) is 0 Å². The zero-order valence-electron chi connectivity index (χ0n) is 10.3. The quantitative estimate of drug-likeness (QED) is 0.452. The van der Waals surface area contributed by atoms with E-state index in [-0.39, 0.29) is 25.9 Å². The normalized spacial score (nSPS) is 15.3. The van der Waals surface area contributed by atoms with Gasteiger partial charge in [0.25, 0.3) is 11.8 Å². The van der Waals surface area contributed by atoms with Crippen LogP contribution in [0.4, 0.5) is 0 Å². The molecule has 0 bridgehead atoms. The molecule has 1 heterocycles. The summed E-state index contributed by atoms with van der Waals surface area (Å²) in [6, 6.07) is 0. The van der Waals surface area contributed by atoms with E-state index in [1.807, 2.05) is 6.92 Å². The fourth-order valence-electron chi connectivity index (χ4n) is 1.33. The molecule has 0 aromatic heterocycles. The minimum absolute atomic E-state index is 0.0107. The Hall–Kier alpha value is -1.47. The first-order chi connectivity index (χ1) is 8.65. The minimum atomic E-state index is -0.657. The summed E-state index contributed by atoms with van der Waals surface area (Å²) < 4.78 is 10.1. The molecule has 102 valence electrons. The second-order valence-electron chi connectivity index (χ2n) is 3.60. The van der Waals surface area contributed by atoms with Crippen molar-refractivity contribution in [2.24, 2.45) is 0 Å². The molecule has 0 spiro atoms. The van der Waals surface area contributed by atoms with Crippen molar-refractivity contribution in [3.8, 4) is 0 Å². The highest BCUT2D eigenvalue weighted by atomic mass is 16.7. The van der Waals surface area contributed by atoms with E-state index < -0.39 is 17.8 Å². The molecule has 2 amide bonds. The maximum Gasteiger partial charge on any atom is 0.335 e. The van der Waals surface area contributed by atoms with Gasteiger partial charge in [-0.05, 0) is 6.92 Å². The van der Waals surface area contributed by atoms with Crippen LogP contribution in [0.5, 0.6) is 0 Å². The number of nitrogens with zero attached hydrogens (tertiary/aromatic N) is 1. The molecule has 1 saturated heterocycles. The molecule has 18 heavy (non-hydrogen) atoms. The van der Waals surface area contributed by atoms with E-state index in [9.17, 15) is 14.4 Å². The number of hydrogen-bond acceptors (Lipinski definition) is 6. The number of carbonyl (C=O) groups excluding carboxylic acids is 3. The molecule has 7 nitrogen and oxygen atoms in total. The summed E-state index contributed by atoms with van der Waals surface area (Å²) in [5.41, 5.74) is 0. The minimum Gasteiger partial charge on any atom is -0.379 e. The van der Waals surface area contributed by atoms with Crippen LogP contribution in [0.1, 0.15) is 26.2 Å². The van der Waals surface area contributed by atoms with Crippen molar-refractivity contribution in [2.75, 3.05) is 26.4 Å². The maximum absolute atomic E-state index is 11.3. The van der Waals surface area contributed by atoms with Gasteiger partial charge in [0.15, 0.2) is 0 Å². The lowest BCUT2D eigenvalue weighted by Crippen LogP contribution is -2.32. The monoisotopic (exact) mass is 259 g/mol. The van der Waals surface area contributed by atoms with E-state index in [4.69, 9.17) is 9.47 Å². The smallest absolute Gasteiger partial charge is 0.335 e. The van der Waals surface area contributed by atoms with E-state index >= 15 is 0 Å². The topological polar surface area (TPSA) is 82.1 Å². The Kier molecular flexibility index (Phi) is 6.31. The molecule has 0 saturated carbocycles. The molecule has 0 radical (unpaired) electrons. The Balaban J connectivity index is 2.10. The summed E-state index contributed by atoms with van der Waals surface area (Å²) in [6.07, 6.45) is 0.178. The third-order valence-electron chi connectivity index (χ3n) is 2.23. The molecule has 1 rings (SSSR count). The second-order valence-corrected chi connectivity index (χ2v) is 3.60. The largest absolute Gasteiger partial charge is 0.379 e. The highest BCUT2D eigenvalue weighted by Gasteiger charge is 2.32. The Bertz CT molecular complexity index is 301. The predicted molar refractivity (Wildman–Crippen MR) is 59.1 cm³/mol. The maximum atomic E-state index is 11.3. The van der Waals surface area contributed by atoms with Gasteiger partial charge < -0.3 is 14.3 Å². The number of ether oxygens (including phenoxy) is 2. The van der Waals surface area contributed by atoms with Crippen molar-refractivity contribution in [1.82, 2.24) is 5.06 Å². The molecule has 7 heteroatoms. The van der Waals surface area contributed by atoms with Gasteiger partial charge in [0.05, 0.1) is 26.2 Å². The van der Waals surface area contributed by atoms with Crippen LogP contribution in [-0.4, -0.2) is 49.3 Å². The Morgan fingerprint density at radius 1 is 1.11 bits per heavy atom. The zero-order chi connectivity index (χ0) is 13.4. The molecule has 0 N–H and O–H groups in total. The van der Waals surface area contributed by atoms with Crippen LogP contribution in [0.2, 0.25) is 0 Å². The number of hydroxylamine groups is 2. The van der Waals surface area contributed by atoms with Crippen LogP contribution in [0, 0.1) is 0 Å². The van der Waals surface area contributed by atoms with Gasteiger partial charge in [-0.3, -0.25) is 9.59 Å². The summed E-state index contributed by atoms with van der Waals surface area (Å²) in [5, 5.41) is 0.530. The van der Waals surface area contributed by atoms with Crippen molar-refractivity contribution in [3.63, 3.8) is 0 Å². The SMILES string of the molecule is CCOCCOCCC(=O)ON1C(=O)CCC1=O. The average Bonchev–Trinajstić information content (AvgIpc) is 2.65. The highest BCUT2D eigenvalue weighted by Crippen LogP contribution is 2.12. The van der Waals surface area contributed by atoms with E-state index in [0.717, 1.165) is 0 Å². The van der Waals surface area contributed by atoms with Gasteiger partial charge in [0.1, 0.15) is 0 Å². The molecule has 0 unspecified atom stereocenters. The lowest BCUT2D eigenvalue weighted by atomic mass is 10.4. The second kappa shape index (κ2) is 7.78. The van der Waals surface area contributed by atoms with Gasteiger partial charge in [0.2, 0.25) is 0 Å². The Morgan fingerprint density at radius 3 is 2.33 bits per heavy atom. The van der Waals surface area contributed by atoms with Crippen LogP contribution in [0.3, 0.4) is 0 Å². The van der Waals surface area contributed by atoms with Gasteiger partial charge in [0, 0.05) is 19.4 Å². The molecule has 1 aliphatic rings. The van der Waals surface area contributed by atoms with Crippen LogP contribution in [0.25, 0.3) is 0 Å². The standard InChI is InChI=1S/C11H17NO6/c1-2-16-7-8-17-6-5-11(15)18-12-9(13)3-4-10(12)14/h2-8H2,1H3. The van der Waals surface area contributed by atoms with Crippen LogP contribution >= 0.6 is 0 Å². The van der Waals surface area contributed by atoms with E-state index in [2.05, 4.69) is 4.84 Å². The number of rotatable bonds is 8. The van der Waals surface area contributed by atoms with E-state index in [0.29, 0.717) is 24.9 Å². The lowest BCUT2D eigenvalue weighted by molar-refractivity contribution is -0.198. The fourth-order valence-corrected chi connectivity index (χ4v) is 1.33. The first-order valence-electron chi connectivity index (χ1n) is 5.87. The zero-order valence-corrected chi connectivity index (χ0v) is 10.3. The van der Waals surface area contributed by atoms with Crippen LogP contribution in [0.15, 0.2) is 0 Å². The average molecular weight is 259 g/mol. The number of carbonyl (C=O) groups is 3. The molecule has 0 atom stereocenters. The summed E-state index contributed by atoms with van der Waals surface area (Å²) in [6.45, 7) is 3.52. The molecular formula is C11H17NO6. The van der Waals surface area contributed by atoms with Crippen LogP contribution < -0.4 is 0 Å². The van der Waals surface area contributed by atoms with E-state index in [1.54, 1.807) is 0 Å². The number of amides is 2. The first kappa shape index (κ1) is 14.6. The third-order valence-corrected chi connectivity index (χ3v) is 2.23. The summed E-state index contributed by atoms with van der Waals surface area (Å²) in [5.74, 6) is -1.62. The predicted octanol–water partition coefficient (Wildman–Crippen LogP) is 0.0368.